The van der Waals surface area contributed by atoms with Crippen molar-refractivity contribution in [2.75, 3.05) is 26.2 Å². The van der Waals surface area contributed by atoms with E-state index in [0.29, 0.717) is 6.42 Å². The summed E-state index contributed by atoms with van der Waals surface area (Å²) < 4.78 is 2.34. The van der Waals surface area contributed by atoms with Crippen LogP contribution in [0.2, 0.25) is 0 Å². The second-order valence-corrected chi connectivity index (χ2v) is 7.23. The largest absolute Gasteiger partial charge is 0.342 e. The Bertz CT molecular complexity index is 709. The molecule has 0 N–H and O–H groups in total. The number of aromatic nitrogens is 1. The van der Waals surface area contributed by atoms with Crippen molar-refractivity contribution in [3.05, 3.63) is 36.0 Å². The third-order valence-corrected chi connectivity index (χ3v) is 5.47. The highest BCUT2D eigenvalue weighted by Crippen LogP contribution is 2.24. The minimum Gasteiger partial charge on any atom is -0.342 e. The summed E-state index contributed by atoms with van der Waals surface area (Å²) >= 11 is 0. The Morgan fingerprint density at radius 3 is 2.42 bits per heavy atom. The minimum absolute atomic E-state index is 0.286. The molecule has 0 unspecified atom stereocenters. The molecule has 4 rings (SSSR count). The molecule has 1 aromatic heterocycles. The highest BCUT2D eigenvalue weighted by atomic mass is 16.2. The molecule has 0 atom stereocenters. The maximum absolute atomic E-state index is 12.6. The number of likely N-dealkylation sites (tertiary alicyclic amines) is 2. The first-order valence-corrected chi connectivity index (χ1v) is 9.38. The van der Waals surface area contributed by atoms with Crippen molar-refractivity contribution in [3.63, 3.8) is 0 Å². The lowest BCUT2D eigenvalue weighted by molar-refractivity contribution is -0.129. The number of nitrogens with zero attached hydrogens (tertiary/aromatic N) is 3. The Kier molecular flexibility index (Phi) is 4.56. The van der Waals surface area contributed by atoms with Crippen molar-refractivity contribution >= 4 is 16.8 Å². The molecule has 1 aromatic carbocycles. The molecule has 4 heteroatoms. The van der Waals surface area contributed by atoms with Gasteiger partial charge in [0.15, 0.2) is 0 Å². The molecule has 2 fully saturated rings. The molecule has 24 heavy (non-hydrogen) atoms. The van der Waals surface area contributed by atoms with Crippen LogP contribution in [0.1, 0.15) is 37.7 Å². The van der Waals surface area contributed by atoms with Crippen LogP contribution in [0, 0.1) is 0 Å². The van der Waals surface area contributed by atoms with Crippen molar-refractivity contribution in [1.29, 1.82) is 0 Å². The molecule has 128 valence electrons. The molecule has 0 aliphatic carbocycles. The molecule has 0 bridgehead atoms. The van der Waals surface area contributed by atoms with Gasteiger partial charge in [0.25, 0.3) is 0 Å². The number of piperidine rings is 1. The predicted octanol–water partition coefficient (Wildman–Crippen LogP) is 3.25. The molecular formula is C20H27N3O. The summed E-state index contributed by atoms with van der Waals surface area (Å²) in [7, 11) is 0. The number of para-hydroxylation sites is 1. The van der Waals surface area contributed by atoms with E-state index in [1.54, 1.807) is 0 Å². The molecule has 1 amide bonds. The maximum atomic E-state index is 12.6. The lowest BCUT2D eigenvalue weighted by Crippen LogP contribution is -2.31. The lowest BCUT2D eigenvalue weighted by atomic mass is 10.1. The van der Waals surface area contributed by atoms with Crippen LogP contribution < -0.4 is 0 Å². The van der Waals surface area contributed by atoms with Crippen molar-refractivity contribution in [2.24, 2.45) is 0 Å². The molecular weight excluding hydrogens is 298 g/mol. The van der Waals surface area contributed by atoms with Crippen molar-refractivity contribution < 1.29 is 4.79 Å². The van der Waals surface area contributed by atoms with Gasteiger partial charge in [-0.25, -0.2) is 0 Å². The topological polar surface area (TPSA) is 28.5 Å². The van der Waals surface area contributed by atoms with Crippen molar-refractivity contribution in [1.82, 2.24) is 14.4 Å². The number of benzene rings is 1. The van der Waals surface area contributed by atoms with Crippen molar-refractivity contribution in [2.45, 2.75) is 45.2 Å². The van der Waals surface area contributed by atoms with E-state index in [-0.39, 0.29) is 5.91 Å². The summed E-state index contributed by atoms with van der Waals surface area (Å²) in [5.74, 6) is 0.286. The van der Waals surface area contributed by atoms with E-state index < -0.39 is 0 Å². The SMILES string of the molecule is O=C(Cc1cn(CN2CCCCC2)c2ccccc12)N1CCCC1. The van der Waals surface area contributed by atoms with Gasteiger partial charge in [-0.1, -0.05) is 24.6 Å². The van der Waals surface area contributed by atoms with E-state index in [1.807, 2.05) is 4.90 Å². The fourth-order valence-corrected chi connectivity index (χ4v) is 4.14. The Morgan fingerprint density at radius 1 is 0.917 bits per heavy atom. The monoisotopic (exact) mass is 325 g/mol. The number of rotatable bonds is 4. The van der Waals surface area contributed by atoms with Crippen LogP contribution in [0.5, 0.6) is 0 Å². The van der Waals surface area contributed by atoms with E-state index in [9.17, 15) is 4.79 Å². The third kappa shape index (κ3) is 3.20. The fraction of sp³-hybridized carbons (Fsp3) is 0.550. The van der Waals surface area contributed by atoms with Crippen LogP contribution in [0.25, 0.3) is 10.9 Å². The molecule has 2 aromatic rings. The lowest BCUT2D eigenvalue weighted by Gasteiger charge is -2.27. The van der Waals surface area contributed by atoms with Gasteiger partial charge in [0.1, 0.15) is 0 Å². The number of fused-ring (bicyclic) bond motifs is 1. The van der Waals surface area contributed by atoms with Gasteiger partial charge in [0, 0.05) is 30.2 Å². The number of carbonyl (C=O) groups excluding carboxylic acids is 1. The number of hydrogen-bond donors (Lipinski definition) is 0. The van der Waals surface area contributed by atoms with Gasteiger partial charge in [0.2, 0.25) is 5.91 Å². The Labute approximate surface area is 144 Å². The molecule has 0 radical (unpaired) electrons. The van der Waals surface area contributed by atoms with Crippen LogP contribution in [0.3, 0.4) is 0 Å². The number of amides is 1. The van der Waals surface area contributed by atoms with Gasteiger partial charge in [-0.05, 0) is 50.4 Å². The predicted molar refractivity (Wildman–Crippen MR) is 96.9 cm³/mol. The zero-order valence-electron chi connectivity index (χ0n) is 14.4. The average Bonchev–Trinajstić information content (AvgIpc) is 3.26. The highest BCUT2D eigenvalue weighted by Gasteiger charge is 2.20. The van der Waals surface area contributed by atoms with E-state index in [4.69, 9.17) is 0 Å². The smallest absolute Gasteiger partial charge is 0.227 e. The molecule has 3 heterocycles. The van der Waals surface area contributed by atoms with Crippen LogP contribution in [-0.4, -0.2) is 46.5 Å². The van der Waals surface area contributed by atoms with E-state index in [0.717, 1.165) is 32.6 Å². The van der Waals surface area contributed by atoms with E-state index >= 15 is 0 Å². The molecule has 2 aliphatic heterocycles. The molecule has 4 nitrogen and oxygen atoms in total. The fourth-order valence-electron chi connectivity index (χ4n) is 4.14. The zero-order valence-corrected chi connectivity index (χ0v) is 14.4. The first-order chi connectivity index (χ1) is 11.8. The highest BCUT2D eigenvalue weighted by molar-refractivity contribution is 5.89. The van der Waals surface area contributed by atoms with Crippen LogP contribution >= 0.6 is 0 Å². The summed E-state index contributed by atoms with van der Waals surface area (Å²) in [6, 6.07) is 8.52. The Balaban J connectivity index is 1.57. The second kappa shape index (κ2) is 6.98. The molecule has 0 spiro atoms. The summed E-state index contributed by atoms with van der Waals surface area (Å²) in [4.78, 5) is 17.1. The first kappa shape index (κ1) is 15.7. The first-order valence-electron chi connectivity index (χ1n) is 9.38. The van der Waals surface area contributed by atoms with E-state index in [2.05, 4.69) is 39.9 Å². The average molecular weight is 325 g/mol. The van der Waals surface area contributed by atoms with E-state index in [1.165, 1.54) is 48.8 Å². The Morgan fingerprint density at radius 2 is 1.62 bits per heavy atom. The summed E-state index contributed by atoms with van der Waals surface area (Å²) in [5.41, 5.74) is 2.44. The minimum atomic E-state index is 0.286. The second-order valence-electron chi connectivity index (χ2n) is 7.23. The third-order valence-electron chi connectivity index (χ3n) is 5.47. The quantitative estimate of drug-likeness (QED) is 0.863. The van der Waals surface area contributed by atoms with Crippen LogP contribution in [0.15, 0.2) is 30.5 Å². The Hall–Kier alpha value is -1.81. The van der Waals surface area contributed by atoms with Gasteiger partial charge in [-0.3, -0.25) is 9.69 Å². The van der Waals surface area contributed by atoms with Gasteiger partial charge < -0.3 is 9.47 Å². The summed E-state index contributed by atoms with van der Waals surface area (Å²) in [5, 5.41) is 1.24. The van der Waals surface area contributed by atoms with Crippen molar-refractivity contribution in [3.8, 4) is 0 Å². The van der Waals surface area contributed by atoms with Gasteiger partial charge >= 0.3 is 0 Å². The van der Waals surface area contributed by atoms with Crippen LogP contribution in [-0.2, 0) is 17.9 Å². The number of hydrogen-bond acceptors (Lipinski definition) is 2. The van der Waals surface area contributed by atoms with Crippen LogP contribution in [0.4, 0.5) is 0 Å². The summed E-state index contributed by atoms with van der Waals surface area (Å²) in [6.07, 6.45) is 9.03. The number of carbonyl (C=O) groups is 1. The zero-order chi connectivity index (χ0) is 16.4. The van der Waals surface area contributed by atoms with Gasteiger partial charge in [0.05, 0.1) is 13.1 Å². The normalized spacial score (nSPS) is 19.2. The van der Waals surface area contributed by atoms with Gasteiger partial charge in [-0.15, -0.1) is 0 Å². The molecule has 2 aliphatic rings. The molecule has 0 saturated carbocycles. The van der Waals surface area contributed by atoms with Gasteiger partial charge in [-0.2, -0.15) is 0 Å². The molecule has 2 saturated heterocycles. The maximum Gasteiger partial charge on any atom is 0.227 e. The standard InChI is InChI=1S/C20H27N3O/c24-20(22-12-6-7-13-22)14-17-15-23(16-21-10-4-1-5-11-21)19-9-3-2-8-18(17)19/h2-3,8-9,15H,1,4-7,10-14,16H2. The summed E-state index contributed by atoms with van der Waals surface area (Å²) in [6.45, 7) is 5.19.